The van der Waals surface area contributed by atoms with Gasteiger partial charge in [-0.2, -0.15) is 13.2 Å². The first-order chi connectivity index (χ1) is 15.6. The lowest BCUT2D eigenvalue weighted by atomic mass is 9.95. The molecule has 180 valence electrons. The molecule has 6 nitrogen and oxygen atoms in total. The van der Waals surface area contributed by atoms with Crippen LogP contribution in [0.5, 0.6) is 0 Å². The highest BCUT2D eigenvalue weighted by Crippen LogP contribution is 2.32. The van der Waals surface area contributed by atoms with Gasteiger partial charge >= 0.3 is 5.51 Å². The molecule has 2 aromatic rings. The van der Waals surface area contributed by atoms with E-state index in [1.165, 1.54) is 44.2 Å². The van der Waals surface area contributed by atoms with Crippen molar-refractivity contribution in [3.63, 3.8) is 0 Å². The maximum Gasteiger partial charge on any atom is 0.501 e. The van der Waals surface area contributed by atoms with Gasteiger partial charge in [-0.25, -0.2) is 8.42 Å². The summed E-state index contributed by atoms with van der Waals surface area (Å²) in [4.78, 5) is 7.89. The molecule has 2 heterocycles. The van der Waals surface area contributed by atoms with Crippen LogP contribution in [0.25, 0.3) is 0 Å². The van der Waals surface area contributed by atoms with E-state index in [0.717, 1.165) is 29.9 Å². The molecule has 0 amide bonds. The van der Waals surface area contributed by atoms with Crippen LogP contribution in [0.2, 0.25) is 0 Å². The zero-order valence-electron chi connectivity index (χ0n) is 18.6. The van der Waals surface area contributed by atoms with Crippen LogP contribution in [0, 0.1) is 0 Å². The van der Waals surface area contributed by atoms with E-state index in [-0.39, 0.29) is 6.04 Å². The van der Waals surface area contributed by atoms with E-state index in [0.29, 0.717) is 24.9 Å². The normalized spacial score (nSPS) is 20.8. The molecule has 0 radical (unpaired) electrons. The number of hydrogen-bond donors (Lipinski definition) is 1. The van der Waals surface area contributed by atoms with Crippen LogP contribution in [0.3, 0.4) is 0 Å². The largest absolute Gasteiger partial charge is 0.501 e. The summed E-state index contributed by atoms with van der Waals surface area (Å²) in [5.41, 5.74) is -2.39. The molecule has 0 spiro atoms. The van der Waals surface area contributed by atoms with Crippen LogP contribution in [0.4, 0.5) is 24.5 Å². The Morgan fingerprint density at radius 3 is 2.45 bits per heavy atom. The standard InChI is InChI=1S/C23H29F3N4O2S/c1-17-14-30(20-7-9-21(10-8-20)33(31,32)23(24,25)26)16-29(17)15-18-11-12-27-13-22(18)28-19-5-3-2-4-6-19/h7-13,17,19,28H,2-6,14-16H2,1H3. The van der Waals surface area contributed by atoms with Crippen molar-refractivity contribution < 1.29 is 21.6 Å². The Bertz CT molecular complexity index is 1050. The van der Waals surface area contributed by atoms with Crippen molar-refractivity contribution >= 4 is 21.2 Å². The SMILES string of the molecule is CC1CN(c2ccc(S(=O)(=O)C(F)(F)F)cc2)CN1Cc1ccncc1NC1CCCCC1. The molecule has 10 heteroatoms. The van der Waals surface area contributed by atoms with Gasteiger partial charge in [0.1, 0.15) is 0 Å². The van der Waals surface area contributed by atoms with Crippen LogP contribution in [0.1, 0.15) is 44.6 Å². The molecule has 1 saturated carbocycles. The molecule has 1 saturated heterocycles. The van der Waals surface area contributed by atoms with Gasteiger partial charge in [0.25, 0.3) is 9.84 Å². The molecule has 1 aliphatic heterocycles. The summed E-state index contributed by atoms with van der Waals surface area (Å²) in [6, 6.07) is 7.66. The summed E-state index contributed by atoms with van der Waals surface area (Å²) in [6.45, 7) is 4.12. The van der Waals surface area contributed by atoms with Gasteiger partial charge in [-0.15, -0.1) is 0 Å². The number of aromatic nitrogens is 1. The van der Waals surface area contributed by atoms with E-state index in [1.54, 1.807) is 6.20 Å². The molecule has 1 aromatic carbocycles. The summed E-state index contributed by atoms with van der Waals surface area (Å²) in [6.07, 6.45) is 9.79. The first kappa shape index (κ1) is 23.8. The molecular weight excluding hydrogens is 453 g/mol. The van der Waals surface area contributed by atoms with Crippen molar-refractivity contribution in [1.29, 1.82) is 0 Å². The lowest BCUT2D eigenvalue weighted by Crippen LogP contribution is -2.29. The van der Waals surface area contributed by atoms with Crippen LogP contribution < -0.4 is 10.2 Å². The highest BCUT2D eigenvalue weighted by atomic mass is 32.2. The monoisotopic (exact) mass is 482 g/mol. The van der Waals surface area contributed by atoms with Gasteiger partial charge < -0.3 is 10.2 Å². The zero-order chi connectivity index (χ0) is 23.6. The van der Waals surface area contributed by atoms with Crippen molar-refractivity contribution in [2.75, 3.05) is 23.4 Å². The van der Waals surface area contributed by atoms with Gasteiger partial charge in [0, 0.05) is 37.1 Å². The fourth-order valence-electron chi connectivity index (χ4n) is 4.59. The lowest BCUT2D eigenvalue weighted by Gasteiger charge is -2.27. The third-order valence-electron chi connectivity index (χ3n) is 6.53. The van der Waals surface area contributed by atoms with Crippen molar-refractivity contribution in [2.24, 2.45) is 0 Å². The van der Waals surface area contributed by atoms with E-state index in [1.807, 2.05) is 17.2 Å². The third-order valence-corrected chi connectivity index (χ3v) is 8.03. The minimum Gasteiger partial charge on any atom is -0.381 e. The summed E-state index contributed by atoms with van der Waals surface area (Å²) in [7, 11) is -5.34. The van der Waals surface area contributed by atoms with Gasteiger partial charge in [0.2, 0.25) is 0 Å². The molecule has 2 fully saturated rings. The van der Waals surface area contributed by atoms with Gasteiger partial charge in [0.05, 0.1) is 23.4 Å². The summed E-state index contributed by atoms with van der Waals surface area (Å²) in [5.74, 6) is 0. The first-order valence-electron chi connectivity index (χ1n) is 11.2. The average Bonchev–Trinajstić information content (AvgIpc) is 3.15. The Morgan fingerprint density at radius 1 is 1.09 bits per heavy atom. The van der Waals surface area contributed by atoms with Gasteiger partial charge in [-0.05, 0) is 55.7 Å². The van der Waals surface area contributed by atoms with Crippen LogP contribution in [-0.2, 0) is 16.4 Å². The third kappa shape index (κ3) is 5.27. The van der Waals surface area contributed by atoms with E-state index in [2.05, 4.69) is 22.1 Å². The Labute approximate surface area is 192 Å². The molecule has 1 atom stereocenters. The van der Waals surface area contributed by atoms with E-state index in [9.17, 15) is 21.6 Å². The minimum absolute atomic E-state index is 0.222. The van der Waals surface area contributed by atoms with Crippen molar-refractivity contribution in [1.82, 2.24) is 9.88 Å². The number of anilines is 2. The number of benzene rings is 1. The number of nitrogens with one attached hydrogen (secondary N) is 1. The Hall–Kier alpha value is -2.33. The molecule has 1 aromatic heterocycles. The van der Waals surface area contributed by atoms with Gasteiger partial charge in [-0.1, -0.05) is 19.3 Å². The summed E-state index contributed by atoms with van der Waals surface area (Å²) >= 11 is 0. The summed E-state index contributed by atoms with van der Waals surface area (Å²) < 4.78 is 61.6. The molecular formula is C23H29F3N4O2S. The molecule has 1 N–H and O–H groups in total. The number of nitrogens with zero attached hydrogens (tertiary/aromatic N) is 3. The van der Waals surface area contributed by atoms with E-state index < -0.39 is 20.2 Å². The maximum absolute atomic E-state index is 12.8. The van der Waals surface area contributed by atoms with Crippen LogP contribution in [0.15, 0.2) is 47.6 Å². The first-order valence-corrected chi connectivity index (χ1v) is 12.7. The van der Waals surface area contributed by atoms with Gasteiger partial charge in [0.15, 0.2) is 0 Å². The fraction of sp³-hybridized carbons (Fsp3) is 0.522. The molecule has 1 aliphatic carbocycles. The van der Waals surface area contributed by atoms with Crippen LogP contribution in [-0.4, -0.2) is 49.1 Å². The smallest absolute Gasteiger partial charge is 0.381 e. The maximum atomic E-state index is 12.8. The highest BCUT2D eigenvalue weighted by molar-refractivity contribution is 7.92. The number of hydrogen-bond acceptors (Lipinski definition) is 6. The summed E-state index contributed by atoms with van der Waals surface area (Å²) in [5, 5.41) is 3.66. The fourth-order valence-corrected chi connectivity index (χ4v) is 5.35. The Balaban J connectivity index is 1.44. The van der Waals surface area contributed by atoms with E-state index in [4.69, 9.17) is 0 Å². The van der Waals surface area contributed by atoms with Crippen molar-refractivity contribution in [2.45, 2.75) is 68.1 Å². The number of halogens is 3. The second-order valence-electron chi connectivity index (χ2n) is 8.91. The van der Waals surface area contributed by atoms with Crippen LogP contribution >= 0.6 is 0 Å². The number of rotatable bonds is 6. The van der Waals surface area contributed by atoms with Gasteiger partial charge in [-0.3, -0.25) is 9.88 Å². The molecule has 0 bridgehead atoms. The lowest BCUT2D eigenvalue weighted by molar-refractivity contribution is -0.0436. The minimum atomic E-state index is -5.34. The molecule has 1 unspecified atom stereocenters. The number of alkyl halides is 3. The number of pyridine rings is 1. The molecule has 4 rings (SSSR count). The number of sulfone groups is 1. The zero-order valence-corrected chi connectivity index (χ0v) is 19.4. The van der Waals surface area contributed by atoms with E-state index >= 15 is 0 Å². The second-order valence-corrected chi connectivity index (χ2v) is 10.9. The Kier molecular flexibility index (Phi) is 6.86. The highest BCUT2D eigenvalue weighted by Gasteiger charge is 2.46. The molecule has 2 aliphatic rings. The molecule has 33 heavy (non-hydrogen) atoms. The van der Waals surface area contributed by atoms with Crippen molar-refractivity contribution in [3.8, 4) is 0 Å². The van der Waals surface area contributed by atoms with Crippen molar-refractivity contribution in [3.05, 3.63) is 48.3 Å². The predicted molar refractivity (Wildman–Crippen MR) is 122 cm³/mol. The Morgan fingerprint density at radius 2 is 1.79 bits per heavy atom. The predicted octanol–water partition coefficient (Wildman–Crippen LogP) is 4.79. The second kappa shape index (κ2) is 9.50. The average molecular weight is 483 g/mol. The quantitative estimate of drug-likeness (QED) is 0.639. The topological polar surface area (TPSA) is 65.5 Å².